The molecule has 30 heteroatoms. The highest BCUT2D eigenvalue weighted by Gasteiger charge is 2.53. The number of aliphatic hydroxyl groups excluding tert-OH is 2. The number of anilines is 2. The number of rotatable bonds is 16. The quantitative estimate of drug-likeness (QED) is 0.0516. The van der Waals surface area contributed by atoms with Gasteiger partial charge in [-0.15, -0.1) is 0 Å². The van der Waals surface area contributed by atoms with E-state index in [1.54, 1.807) is 145 Å². The van der Waals surface area contributed by atoms with E-state index in [4.69, 9.17) is 53.7 Å². The Morgan fingerprint density at radius 3 is 1.50 bits per heavy atom. The number of hydrogen-bond acceptors (Lipinski definition) is 20. The highest BCUT2D eigenvalue weighted by Crippen LogP contribution is 2.48. The van der Waals surface area contributed by atoms with Gasteiger partial charge in [-0.2, -0.15) is 0 Å². The standard InChI is InChI=1S/C34H29FN4O7S.C25H31BN2O7S.C15H10ClFN2O2/c1-5-27(41)32-21-13-20(25(38(2)47(4,42)43)15-29(21)46-34(32)18-9-12-30(44-3)36-16-18)23-10-11-28-33(37-23)26-14-19-22(35)7-6-8-24(19)39(26)31(17-40)45-28;1-9-19(29)22-16-12-17(26-34-24(2,3)25(4,5)35-26)18(28(6)36(8,30)31)13-20(16)33-23(22)15-10-11-21(32-7)27-14-15;16-13-5-4-12-15(18-13)11-6-8-9(17)2-1-3-10(8)19(11)14(7-20)21-12/h6-16,31,40H,5,17H2,1-4H3;10-14H,9H2,1-8H3;1-6,14,20H,7H2. The molecule has 1 fully saturated rings. The maximum absolute atomic E-state index is 14.9. The Hall–Kier alpha value is -10.3. The van der Waals surface area contributed by atoms with Gasteiger partial charge in [0.1, 0.15) is 62.4 Å². The number of Topliss-reactive ketones (excluding diaryl/α,β-unsaturated/α-hetero) is 2. The number of aliphatic hydroxyl groups is 2. The van der Waals surface area contributed by atoms with Crippen LogP contribution in [-0.2, 0) is 29.4 Å². The molecule has 0 amide bonds. The van der Waals surface area contributed by atoms with E-state index >= 15 is 0 Å². The van der Waals surface area contributed by atoms with Gasteiger partial charge in [0.25, 0.3) is 0 Å². The van der Waals surface area contributed by atoms with Crippen molar-refractivity contribution in [1.29, 1.82) is 0 Å². The van der Waals surface area contributed by atoms with Gasteiger partial charge < -0.3 is 56.4 Å². The molecule has 3 aliphatic heterocycles. The highest BCUT2D eigenvalue weighted by molar-refractivity contribution is 7.92. The second-order valence-electron chi connectivity index (χ2n) is 25.8. The summed E-state index contributed by atoms with van der Waals surface area (Å²) in [6.45, 7) is 10.6. The fraction of sp³-hybridized carbons (Fsp3) is 0.270. The van der Waals surface area contributed by atoms with Crippen molar-refractivity contribution in [2.24, 2.45) is 0 Å². The summed E-state index contributed by atoms with van der Waals surface area (Å²) in [5.41, 5.74) is 6.36. The molecule has 12 aromatic rings. The monoisotopic (exact) mass is 1470 g/mol. The lowest BCUT2D eigenvalue weighted by atomic mass is 9.76. The predicted octanol–water partition coefficient (Wildman–Crippen LogP) is 13.4. The van der Waals surface area contributed by atoms with Crippen molar-refractivity contribution in [3.8, 4) is 79.9 Å². The second-order valence-corrected chi connectivity index (χ2v) is 30.3. The molecule has 8 aromatic heterocycles. The Morgan fingerprint density at radius 1 is 0.606 bits per heavy atom. The minimum atomic E-state index is -3.76. The number of furan rings is 2. The van der Waals surface area contributed by atoms with Crippen LogP contribution in [0.4, 0.5) is 20.2 Å². The molecule has 0 bridgehead atoms. The summed E-state index contributed by atoms with van der Waals surface area (Å²) in [7, 11) is -2.35. The maximum atomic E-state index is 14.9. The van der Waals surface area contributed by atoms with Crippen LogP contribution in [0.2, 0.25) is 5.15 Å². The number of methoxy groups -OCH3 is 2. The van der Waals surface area contributed by atoms with Gasteiger partial charge >= 0.3 is 7.12 Å². The summed E-state index contributed by atoms with van der Waals surface area (Å²) in [5.74, 6) is 1.29. The molecule has 0 spiro atoms. The second kappa shape index (κ2) is 27.4. The molecule has 0 saturated carbocycles. The van der Waals surface area contributed by atoms with Crippen LogP contribution in [0.1, 0.15) is 87.6 Å². The highest BCUT2D eigenvalue weighted by atomic mass is 35.5. The van der Waals surface area contributed by atoms with E-state index in [0.29, 0.717) is 151 Å². The first-order valence-corrected chi connectivity index (χ1v) is 36.8. The van der Waals surface area contributed by atoms with Crippen LogP contribution in [0, 0.1) is 11.6 Å². The van der Waals surface area contributed by atoms with Gasteiger partial charge in [0.05, 0.1) is 102 Å². The van der Waals surface area contributed by atoms with E-state index in [9.17, 15) is 45.4 Å². The van der Waals surface area contributed by atoms with Crippen molar-refractivity contribution >= 4 is 111 Å². The molecule has 15 rings (SSSR count). The fourth-order valence-corrected chi connectivity index (χ4v) is 13.9. The Bertz CT molecular complexity index is 5660. The minimum Gasteiger partial charge on any atom is -0.481 e. The first-order valence-electron chi connectivity index (χ1n) is 32.8. The van der Waals surface area contributed by atoms with Gasteiger partial charge in [-0.05, 0) is 113 Å². The van der Waals surface area contributed by atoms with Crippen LogP contribution in [0.5, 0.6) is 23.3 Å². The van der Waals surface area contributed by atoms with Crippen LogP contribution in [0.15, 0.2) is 143 Å². The summed E-state index contributed by atoms with van der Waals surface area (Å²) >= 11 is 5.94. The van der Waals surface area contributed by atoms with Crippen molar-refractivity contribution in [3.63, 3.8) is 0 Å². The number of sulfonamides is 2. The number of benzene rings is 4. The molecular weight excluding hydrogens is 1410 g/mol. The largest absolute Gasteiger partial charge is 0.497 e. The number of ketones is 2. The normalized spacial score (nSPS) is 15.6. The number of ether oxygens (including phenoxy) is 4. The lowest BCUT2D eigenvalue weighted by molar-refractivity contribution is 0.00578. The summed E-state index contributed by atoms with van der Waals surface area (Å²) in [6, 6.07) is 32.9. The average Bonchev–Trinajstić information content (AvgIpc) is 1.57. The third-order valence-corrected chi connectivity index (χ3v) is 21.6. The Morgan fingerprint density at radius 2 is 1.06 bits per heavy atom. The van der Waals surface area contributed by atoms with Crippen molar-refractivity contribution in [1.82, 2.24) is 29.1 Å². The number of pyridine rings is 4. The first kappa shape index (κ1) is 72.1. The molecule has 104 heavy (non-hydrogen) atoms. The Balaban J connectivity index is 0.000000149. The van der Waals surface area contributed by atoms with E-state index < -0.39 is 56.6 Å². The van der Waals surface area contributed by atoms with Crippen molar-refractivity contribution in [2.75, 3.05) is 62.7 Å². The predicted molar refractivity (Wildman–Crippen MR) is 391 cm³/mol. The number of halogens is 3. The summed E-state index contributed by atoms with van der Waals surface area (Å²) in [4.78, 5) is 44.3. The Kier molecular flexibility index (Phi) is 19.0. The minimum absolute atomic E-state index is 0.122. The van der Waals surface area contributed by atoms with Gasteiger partial charge in [-0.25, -0.2) is 45.6 Å². The zero-order valence-corrected chi connectivity index (χ0v) is 60.8. The smallest absolute Gasteiger partial charge is 0.481 e. The number of carbonyl (C=O) groups is 2. The number of nitrogens with zero attached hydrogens (tertiary/aromatic N) is 8. The summed E-state index contributed by atoms with van der Waals surface area (Å²) in [5, 5.41) is 21.9. The fourth-order valence-electron chi connectivity index (χ4n) is 12.7. The molecule has 2 N–H and O–H groups in total. The third kappa shape index (κ3) is 12.8. The molecule has 3 aliphatic rings. The number of aromatic nitrogens is 6. The number of carbonyl (C=O) groups excluding carboxylic acids is 2. The molecule has 0 aliphatic carbocycles. The van der Waals surface area contributed by atoms with E-state index in [0.717, 1.165) is 21.1 Å². The first-order chi connectivity index (χ1) is 49.4. The molecule has 2 unspecified atom stereocenters. The van der Waals surface area contributed by atoms with E-state index in [2.05, 4.69) is 15.0 Å². The number of hydrogen-bond donors (Lipinski definition) is 2. The zero-order valence-electron chi connectivity index (χ0n) is 58.4. The van der Waals surface area contributed by atoms with Gasteiger partial charge in [-0.3, -0.25) is 18.2 Å². The van der Waals surface area contributed by atoms with Crippen LogP contribution < -0.4 is 33.0 Å². The van der Waals surface area contributed by atoms with Crippen molar-refractivity contribution in [2.45, 2.75) is 78.0 Å². The van der Waals surface area contributed by atoms with Gasteiger partial charge in [0.2, 0.25) is 31.8 Å². The van der Waals surface area contributed by atoms with Crippen LogP contribution >= 0.6 is 11.6 Å². The molecule has 11 heterocycles. The lowest BCUT2D eigenvalue weighted by Crippen LogP contribution is -2.41. The SMILES string of the molecule is CCC(=O)c1c(-c2ccc(OC)nc2)oc2cc(N(C)S(C)(=O)=O)c(-c3ccc4c(n3)-c3cc5c(F)cccc5n3C(CO)O4)cc12.CCC(=O)c1c(-c2ccc(OC)nc2)oc2cc(N(C)S(C)(=O)=O)c(B3OC(C)(C)C(C)(C)O3)cc12.OCC1Oc2ccc(Cl)nc2-c2cc3c(F)cccc3n21. The molecular formula is C74H70BClF2N8O16S2. The van der Waals surface area contributed by atoms with E-state index in [1.807, 2.05) is 27.7 Å². The van der Waals surface area contributed by atoms with Crippen LogP contribution in [0.25, 0.3) is 100 Å². The topological polar surface area (TPSA) is 292 Å². The van der Waals surface area contributed by atoms with E-state index in [1.165, 1.54) is 40.4 Å². The lowest BCUT2D eigenvalue weighted by Gasteiger charge is -2.32. The Labute approximate surface area is 601 Å². The van der Waals surface area contributed by atoms with Crippen molar-refractivity contribution in [3.05, 3.63) is 162 Å². The zero-order chi connectivity index (χ0) is 74.4. The van der Waals surface area contributed by atoms with Crippen LogP contribution in [-0.4, -0.2) is 140 Å². The van der Waals surface area contributed by atoms with Crippen molar-refractivity contribution < 1.29 is 82.5 Å². The molecule has 4 aromatic carbocycles. The van der Waals surface area contributed by atoms with Crippen LogP contribution in [0.3, 0.4) is 0 Å². The maximum Gasteiger partial charge on any atom is 0.497 e. The number of fused-ring (bicyclic) bond motifs is 12. The molecule has 1 saturated heterocycles. The third-order valence-electron chi connectivity index (χ3n) is 19.0. The molecule has 24 nitrogen and oxygen atoms in total. The summed E-state index contributed by atoms with van der Waals surface area (Å²) < 4.78 is 133. The molecule has 538 valence electrons. The van der Waals surface area contributed by atoms with E-state index in [-0.39, 0.29) is 49.1 Å². The van der Waals surface area contributed by atoms with Gasteiger partial charge in [-0.1, -0.05) is 37.6 Å². The summed E-state index contributed by atoms with van der Waals surface area (Å²) in [6.07, 6.45) is 4.33. The molecule has 2 atom stereocenters. The molecule has 0 radical (unpaired) electrons. The average molecular weight is 1480 g/mol. The van der Waals surface area contributed by atoms with Gasteiger partial charge in [0.15, 0.2) is 24.0 Å². The van der Waals surface area contributed by atoms with Gasteiger partial charge in [0, 0.05) is 107 Å².